The largest absolute Gasteiger partial charge is 0.422 e. The van der Waals surface area contributed by atoms with Gasteiger partial charge >= 0.3 is 5.63 Å². The Labute approximate surface area is 178 Å². The smallest absolute Gasteiger partial charge is 0.349 e. The van der Waals surface area contributed by atoms with E-state index in [0.29, 0.717) is 17.9 Å². The minimum Gasteiger partial charge on any atom is -0.422 e. The van der Waals surface area contributed by atoms with Crippen molar-refractivity contribution in [3.05, 3.63) is 67.5 Å². The monoisotopic (exact) mass is 424 g/mol. The summed E-state index contributed by atoms with van der Waals surface area (Å²) in [6, 6.07) is 7.54. The zero-order valence-corrected chi connectivity index (χ0v) is 17.6. The molecular formula is C22H24N4O3S. The maximum Gasteiger partial charge on any atom is 0.349 e. The van der Waals surface area contributed by atoms with Crippen molar-refractivity contribution in [2.75, 3.05) is 6.54 Å². The van der Waals surface area contributed by atoms with Gasteiger partial charge in [0.2, 0.25) is 0 Å². The molecule has 1 aromatic carbocycles. The Morgan fingerprint density at radius 2 is 2.17 bits per heavy atom. The third-order valence-corrected chi connectivity index (χ3v) is 6.09. The number of nitrogens with one attached hydrogen (secondary N) is 2. The fourth-order valence-corrected chi connectivity index (χ4v) is 3.80. The first kappa shape index (κ1) is 20.3. The van der Waals surface area contributed by atoms with Gasteiger partial charge in [-0.1, -0.05) is 17.8 Å². The Hall–Kier alpha value is -3.00. The van der Waals surface area contributed by atoms with Crippen LogP contribution in [0.4, 0.5) is 0 Å². The number of aliphatic imine (C=N–C) groups is 1. The van der Waals surface area contributed by atoms with Crippen molar-refractivity contribution in [3.8, 4) is 0 Å². The van der Waals surface area contributed by atoms with Crippen LogP contribution in [-0.2, 0) is 6.42 Å². The minimum atomic E-state index is -0.600. The number of nitrogens with zero attached hydrogens (tertiary/aromatic N) is 1. The summed E-state index contributed by atoms with van der Waals surface area (Å²) in [6.45, 7) is 2.65. The van der Waals surface area contributed by atoms with Crippen LogP contribution >= 0.6 is 11.8 Å². The molecule has 8 heteroatoms. The second-order valence-electron chi connectivity index (χ2n) is 7.54. The molecule has 0 bridgehead atoms. The van der Waals surface area contributed by atoms with Gasteiger partial charge in [0.1, 0.15) is 17.0 Å². The zero-order valence-electron chi connectivity index (χ0n) is 16.7. The van der Waals surface area contributed by atoms with Crippen LogP contribution in [0.15, 0.2) is 60.2 Å². The molecule has 2 aliphatic rings. The maximum atomic E-state index is 12.3. The molecule has 1 amide bonds. The highest BCUT2D eigenvalue weighted by Gasteiger charge is 2.25. The van der Waals surface area contributed by atoms with Gasteiger partial charge in [0, 0.05) is 22.9 Å². The minimum absolute atomic E-state index is 0.0604. The Morgan fingerprint density at radius 1 is 1.33 bits per heavy atom. The Bertz CT molecular complexity index is 1130. The van der Waals surface area contributed by atoms with E-state index in [4.69, 9.17) is 10.2 Å². The first-order valence-electron chi connectivity index (χ1n) is 9.94. The van der Waals surface area contributed by atoms with Crippen molar-refractivity contribution in [1.82, 2.24) is 10.6 Å². The molecule has 0 spiro atoms. The molecule has 2 aromatic rings. The van der Waals surface area contributed by atoms with Crippen LogP contribution in [0.25, 0.3) is 11.0 Å². The normalized spacial score (nSPS) is 22.2. The van der Waals surface area contributed by atoms with Crippen molar-refractivity contribution in [2.24, 2.45) is 10.7 Å². The van der Waals surface area contributed by atoms with Crippen LogP contribution in [0.5, 0.6) is 0 Å². The van der Waals surface area contributed by atoms with E-state index in [0.717, 1.165) is 41.5 Å². The van der Waals surface area contributed by atoms with Gasteiger partial charge in [-0.2, -0.15) is 0 Å². The predicted molar refractivity (Wildman–Crippen MR) is 120 cm³/mol. The first-order chi connectivity index (χ1) is 14.5. The second kappa shape index (κ2) is 8.79. The van der Waals surface area contributed by atoms with Gasteiger partial charge in [0.05, 0.1) is 6.34 Å². The van der Waals surface area contributed by atoms with Gasteiger partial charge in [-0.05, 0) is 67.4 Å². The van der Waals surface area contributed by atoms with Crippen molar-refractivity contribution < 1.29 is 9.21 Å². The first-order valence-corrected chi connectivity index (χ1v) is 10.8. The van der Waals surface area contributed by atoms with E-state index in [2.05, 4.69) is 21.0 Å². The molecule has 1 aliphatic carbocycles. The third-order valence-electron chi connectivity index (χ3n) is 5.08. The van der Waals surface area contributed by atoms with Crippen LogP contribution in [0.2, 0.25) is 0 Å². The van der Waals surface area contributed by atoms with E-state index in [1.807, 2.05) is 19.1 Å². The predicted octanol–water partition coefficient (Wildman–Crippen LogP) is 3.01. The summed E-state index contributed by atoms with van der Waals surface area (Å²) in [7, 11) is 0. The Balaban J connectivity index is 1.50. The summed E-state index contributed by atoms with van der Waals surface area (Å²) in [5, 5.41) is 8.87. The Morgan fingerprint density at radius 3 is 2.97 bits per heavy atom. The number of fused-ring (bicyclic) bond motifs is 1. The number of benzene rings is 1. The lowest BCUT2D eigenvalue weighted by Crippen LogP contribution is -2.29. The number of aryl methyl sites for hydroxylation is 1. The SMILES string of the molecule is C/C1=C(N)\N=C/NC/C(CCc2ccc3oc(=O)c(C(=O)NC4CC4)cc3c2)=C\S1. The van der Waals surface area contributed by atoms with Crippen LogP contribution in [-0.4, -0.2) is 24.8 Å². The fourth-order valence-electron chi connectivity index (χ4n) is 3.09. The van der Waals surface area contributed by atoms with Crippen molar-refractivity contribution in [1.29, 1.82) is 0 Å². The molecular weight excluding hydrogens is 400 g/mol. The lowest BCUT2D eigenvalue weighted by atomic mass is 10.0. The average molecular weight is 425 g/mol. The summed E-state index contributed by atoms with van der Waals surface area (Å²) >= 11 is 1.58. The third kappa shape index (κ3) is 4.94. The number of thioether (sulfide) groups is 1. The van der Waals surface area contributed by atoms with Crippen LogP contribution in [0.1, 0.15) is 42.1 Å². The van der Waals surface area contributed by atoms with Gasteiger partial charge in [0.15, 0.2) is 0 Å². The number of allylic oxidation sites excluding steroid dienone is 1. The highest BCUT2D eigenvalue weighted by molar-refractivity contribution is 8.05. The molecule has 0 atom stereocenters. The van der Waals surface area contributed by atoms with E-state index < -0.39 is 5.63 Å². The topological polar surface area (TPSA) is 110 Å². The van der Waals surface area contributed by atoms with E-state index in [-0.39, 0.29) is 17.5 Å². The number of carbonyl (C=O) groups is 1. The highest BCUT2D eigenvalue weighted by Crippen LogP contribution is 2.24. The summed E-state index contributed by atoms with van der Waals surface area (Å²) in [5.41, 5.74) is 8.18. The molecule has 2 heterocycles. The summed E-state index contributed by atoms with van der Waals surface area (Å²) in [5.74, 6) is 0.157. The molecule has 4 rings (SSSR count). The molecule has 1 fully saturated rings. The number of hydrogen-bond acceptors (Lipinski definition) is 7. The second-order valence-corrected chi connectivity index (χ2v) is 8.63. The number of carbonyl (C=O) groups excluding carboxylic acids is 1. The van der Waals surface area contributed by atoms with Gasteiger partial charge in [-0.15, -0.1) is 0 Å². The molecule has 1 saturated carbocycles. The molecule has 0 radical (unpaired) electrons. The lowest BCUT2D eigenvalue weighted by Gasteiger charge is -2.09. The van der Waals surface area contributed by atoms with Crippen LogP contribution in [0.3, 0.4) is 0 Å². The summed E-state index contributed by atoms with van der Waals surface area (Å²) in [6.07, 6.45) is 5.24. The number of rotatable bonds is 5. The van der Waals surface area contributed by atoms with Gasteiger partial charge in [0.25, 0.3) is 5.91 Å². The Kier molecular flexibility index (Phi) is 5.94. The molecule has 30 heavy (non-hydrogen) atoms. The molecule has 1 aromatic heterocycles. The average Bonchev–Trinajstić information content (AvgIpc) is 3.54. The lowest BCUT2D eigenvalue weighted by molar-refractivity contribution is 0.0947. The maximum absolute atomic E-state index is 12.3. The number of nitrogens with two attached hydrogens (primary N) is 1. The quantitative estimate of drug-likeness (QED) is 0.637. The molecule has 1 aliphatic heterocycles. The molecule has 0 unspecified atom stereocenters. The summed E-state index contributed by atoms with van der Waals surface area (Å²) in [4.78, 5) is 29.6. The van der Waals surface area contributed by atoms with Crippen LogP contribution < -0.4 is 22.0 Å². The fraction of sp³-hybridized carbons (Fsp3) is 0.318. The van der Waals surface area contributed by atoms with Gasteiger partial charge in [-0.3, -0.25) is 4.79 Å². The molecule has 4 N–H and O–H groups in total. The van der Waals surface area contributed by atoms with E-state index >= 15 is 0 Å². The molecule has 156 valence electrons. The van der Waals surface area contributed by atoms with Crippen molar-refractivity contribution >= 4 is 35.0 Å². The van der Waals surface area contributed by atoms with Crippen molar-refractivity contribution in [3.63, 3.8) is 0 Å². The van der Waals surface area contributed by atoms with Crippen LogP contribution in [0, 0.1) is 0 Å². The highest BCUT2D eigenvalue weighted by atomic mass is 32.2. The zero-order chi connectivity index (χ0) is 21.1. The van der Waals surface area contributed by atoms with E-state index in [1.54, 1.807) is 30.2 Å². The molecule has 7 nitrogen and oxygen atoms in total. The number of amides is 1. The standard InChI is InChI=1S/C22H24N4O3S/c1-13-20(23)25-12-24-10-15(11-30-13)3-2-14-4-7-19-16(8-14)9-18(22(28)29-19)21(27)26-17-5-6-17/h4,7-9,11-12,17H,2-3,5-6,10,23H2,1H3,(H,24,25)(H,26,27)/b15-11-,20-13+. The van der Waals surface area contributed by atoms with E-state index in [9.17, 15) is 9.59 Å². The summed E-state index contributed by atoms with van der Waals surface area (Å²) < 4.78 is 5.36. The number of hydrogen-bond donors (Lipinski definition) is 3. The van der Waals surface area contributed by atoms with Gasteiger partial charge < -0.3 is 20.8 Å². The van der Waals surface area contributed by atoms with Crippen molar-refractivity contribution in [2.45, 2.75) is 38.6 Å². The van der Waals surface area contributed by atoms with Gasteiger partial charge in [-0.25, -0.2) is 9.79 Å². The van der Waals surface area contributed by atoms with E-state index in [1.165, 1.54) is 5.57 Å². The molecule has 0 saturated heterocycles.